The van der Waals surface area contributed by atoms with E-state index >= 15 is 0 Å². The molecule has 4 nitrogen and oxygen atoms in total. The predicted octanol–water partition coefficient (Wildman–Crippen LogP) is 1.67. The minimum absolute atomic E-state index is 0.321. The minimum Gasteiger partial charge on any atom is -0.497 e. The molecular weight excluding hydrogens is 242 g/mol. The van der Waals surface area contributed by atoms with Gasteiger partial charge in [0.2, 0.25) is 0 Å². The molecule has 106 valence electrons. The van der Waals surface area contributed by atoms with E-state index in [4.69, 9.17) is 9.47 Å². The maximum Gasteiger partial charge on any atom is 0.119 e. The Morgan fingerprint density at radius 3 is 3.00 bits per heavy atom. The minimum atomic E-state index is -0.450. The maximum atomic E-state index is 9.70. The van der Waals surface area contributed by atoms with Crippen LogP contribution in [0.3, 0.4) is 0 Å². The van der Waals surface area contributed by atoms with E-state index in [0.717, 1.165) is 25.0 Å². The lowest BCUT2D eigenvalue weighted by Crippen LogP contribution is -2.34. The highest BCUT2D eigenvalue weighted by Crippen LogP contribution is 2.32. The van der Waals surface area contributed by atoms with Crippen LogP contribution in [0.4, 0.5) is 0 Å². The largest absolute Gasteiger partial charge is 0.497 e. The highest BCUT2D eigenvalue weighted by molar-refractivity contribution is 5.39. The number of ether oxygens (including phenoxy) is 2. The molecule has 0 amide bonds. The van der Waals surface area contributed by atoms with Crippen molar-refractivity contribution in [3.05, 3.63) is 29.3 Å². The number of hydrogen-bond acceptors (Lipinski definition) is 4. The first-order chi connectivity index (χ1) is 9.24. The van der Waals surface area contributed by atoms with Gasteiger partial charge >= 0.3 is 0 Å². The van der Waals surface area contributed by atoms with Gasteiger partial charge in [-0.25, -0.2) is 0 Å². The summed E-state index contributed by atoms with van der Waals surface area (Å²) in [5.74, 6) is 0.916. The number of fused-ring (bicyclic) bond motifs is 1. The molecule has 2 N–H and O–H groups in total. The zero-order chi connectivity index (χ0) is 13.7. The van der Waals surface area contributed by atoms with Crippen molar-refractivity contribution >= 4 is 0 Å². The number of nitrogens with one attached hydrogen (secondary N) is 1. The number of aryl methyl sites for hydroxylation is 1. The van der Waals surface area contributed by atoms with E-state index in [2.05, 4.69) is 17.4 Å². The monoisotopic (exact) mass is 265 g/mol. The Bertz CT molecular complexity index is 408. The second-order valence-corrected chi connectivity index (χ2v) is 5.03. The van der Waals surface area contributed by atoms with Crippen molar-refractivity contribution in [2.75, 3.05) is 27.4 Å². The summed E-state index contributed by atoms with van der Waals surface area (Å²) in [6.07, 6.45) is 2.93. The van der Waals surface area contributed by atoms with Crippen molar-refractivity contribution in [1.82, 2.24) is 5.32 Å². The molecule has 0 spiro atoms. The first-order valence-corrected chi connectivity index (χ1v) is 6.81. The summed E-state index contributed by atoms with van der Waals surface area (Å²) < 4.78 is 10.2. The molecule has 0 heterocycles. The van der Waals surface area contributed by atoms with E-state index in [-0.39, 0.29) is 0 Å². The van der Waals surface area contributed by atoms with Gasteiger partial charge in [0.1, 0.15) is 5.75 Å². The summed E-state index contributed by atoms with van der Waals surface area (Å²) in [6.45, 7) is 0.930. The molecule has 1 aliphatic carbocycles. The topological polar surface area (TPSA) is 50.7 Å². The van der Waals surface area contributed by atoms with E-state index in [0.29, 0.717) is 19.2 Å². The van der Waals surface area contributed by atoms with Crippen molar-refractivity contribution in [3.63, 3.8) is 0 Å². The Morgan fingerprint density at radius 2 is 2.26 bits per heavy atom. The van der Waals surface area contributed by atoms with Gasteiger partial charge in [-0.05, 0) is 42.5 Å². The third-order valence-corrected chi connectivity index (χ3v) is 3.62. The third-order valence-electron chi connectivity index (χ3n) is 3.62. The fourth-order valence-electron chi connectivity index (χ4n) is 2.66. The Balaban J connectivity index is 2.01. The van der Waals surface area contributed by atoms with E-state index in [1.165, 1.54) is 11.1 Å². The molecule has 0 aromatic heterocycles. The molecule has 1 aliphatic rings. The van der Waals surface area contributed by atoms with Gasteiger partial charge in [-0.1, -0.05) is 6.07 Å². The SMILES string of the molecule is COCC(O)CNC1CCCc2cc(OC)ccc21. The number of rotatable bonds is 6. The number of aliphatic hydroxyl groups excluding tert-OH is 1. The zero-order valence-corrected chi connectivity index (χ0v) is 11.7. The number of benzene rings is 1. The maximum absolute atomic E-state index is 9.70. The van der Waals surface area contributed by atoms with Crippen molar-refractivity contribution in [1.29, 1.82) is 0 Å². The van der Waals surface area contributed by atoms with Crippen LogP contribution in [0.5, 0.6) is 5.75 Å². The molecule has 19 heavy (non-hydrogen) atoms. The molecule has 0 aliphatic heterocycles. The van der Waals surface area contributed by atoms with Crippen molar-refractivity contribution in [2.24, 2.45) is 0 Å². The van der Waals surface area contributed by atoms with E-state index in [1.807, 2.05) is 6.07 Å². The highest BCUT2D eigenvalue weighted by Gasteiger charge is 2.20. The molecule has 1 aromatic carbocycles. The zero-order valence-electron chi connectivity index (χ0n) is 11.7. The van der Waals surface area contributed by atoms with Gasteiger partial charge in [0.15, 0.2) is 0 Å². The summed E-state index contributed by atoms with van der Waals surface area (Å²) >= 11 is 0. The number of hydrogen-bond donors (Lipinski definition) is 2. The highest BCUT2D eigenvalue weighted by atomic mass is 16.5. The molecule has 1 aromatic rings. The first-order valence-electron chi connectivity index (χ1n) is 6.81. The average Bonchev–Trinajstić information content (AvgIpc) is 2.44. The Labute approximate surface area is 114 Å². The van der Waals surface area contributed by atoms with Gasteiger partial charge in [0.05, 0.1) is 19.8 Å². The summed E-state index contributed by atoms with van der Waals surface area (Å²) in [5, 5.41) is 13.1. The van der Waals surface area contributed by atoms with Crippen LogP contribution in [0.1, 0.15) is 30.0 Å². The quantitative estimate of drug-likeness (QED) is 0.821. The van der Waals surface area contributed by atoms with Crippen molar-refractivity contribution < 1.29 is 14.6 Å². The predicted molar refractivity (Wildman–Crippen MR) is 74.6 cm³/mol. The lowest BCUT2D eigenvalue weighted by molar-refractivity contribution is 0.0622. The van der Waals surface area contributed by atoms with Crippen LogP contribution in [0.15, 0.2) is 18.2 Å². The van der Waals surface area contributed by atoms with Gasteiger partial charge in [-0.2, -0.15) is 0 Å². The van der Waals surface area contributed by atoms with E-state index in [9.17, 15) is 5.11 Å². The van der Waals surface area contributed by atoms with Crippen molar-refractivity contribution in [3.8, 4) is 5.75 Å². The van der Waals surface area contributed by atoms with Crippen LogP contribution in [-0.2, 0) is 11.2 Å². The lowest BCUT2D eigenvalue weighted by Gasteiger charge is -2.27. The number of aliphatic hydroxyl groups is 1. The summed E-state index contributed by atoms with van der Waals surface area (Å²) in [4.78, 5) is 0. The lowest BCUT2D eigenvalue weighted by atomic mass is 9.87. The average molecular weight is 265 g/mol. The van der Waals surface area contributed by atoms with Crippen molar-refractivity contribution in [2.45, 2.75) is 31.4 Å². The van der Waals surface area contributed by atoms with Gasteiger partial charge in [0, 0.05) is 19.7 Å². The van der Waals surface area contributed by atoms with Crippen LogP contribution in [0, 0.1) is 0 Å². The third kappa shape index (κ3) is 3.69. The van der Waals surface area contributed by atoms with E-state index < -0.39 is 6.10 Å². The second-order valence-electron chi connectivity index (χ2n) is 5.03. The normalized spacial score (nSPS) is 19.8. The smallest absolute Gasteiger partial charge is 0.119 e. The van der Waals surface area contributed by atoms with Gasteiger partial charge in [-0.3, -0.25) is 0 Å². The molecule has 0 saturated heterocycles. The molecule has 0 saturated carbocycles. The Hall–Kier alpha value is -1.10. The molecule has 0 fully saturated rings. The van der Waals surface area contributed by atoms with Gasteiger partial charge < -0.3 is 19.9 Å². The van der Waals surface area contributed by atoms with Crippen LogP contribution in [0.25, 0.3) is 0 Å². The first kappa shape index (κ1) is 14.3. The van der Waals surface area contributed by atoms with Crippen LogP contribution in [-0.4, -0.2) is 38.6 Å². The molecule has 0 bridgehead atoms. The fourth-order valence-corrected chi connectivity index (χ4v) is 2.66. The summed E-state index contributed by atoms with van der Waals surface area (Å²) in [6, 6.07) is 6.58. The van der Waals surface area contributed by atoms with Crippen LogP contribution in [0.2, 0.25) is 0 Å². The van der Waals surface area contributed by atoms with Gasteiger partial charge in [-0.15, -0.1) is 0 Å². The van der Waals surface area contributed by atoms with Crippen LogP contribution >= 0.6 is 0 Å². The van der Waals surface area contributed by atoms with Crippen LogP contribution < -0.4 is 10.1 Å². The Morgan fingerprint density at radius 1 is 1.42 bits per heavy atom. The fraction of sp³-hybridized carbons (Fsp3) is 0.600. The molecule has 4 heteroatoms. The van der Waals surface area contributed by atoms with Gasteiger partial charge in [0.25, 0.3) is 0 Å². The molecule has 2 rings (SSSR count). The second kappa shape index (κ2) is 6.89. The molecular formula is C15H23NO3. The number of methoxy groups -OCH3 is 2. The standard InChI is InChI=1S/C15H23NO3/c1-18-10-12(17)9-16-15-5-3-4-11-8-13(19-2)6-7-14(11)15/h6-8,12,15-17H,3-5,9-10H2,1-2H3. The summed E-state index contributed by atoms with van der Waals surface area (Å²) in [5.41, 5.74) is 2.68. The molecule has 0 radical (unpaired) electrons. The summed E-state index contributed by atoms with van der Waals surface area (Å²) in [7, 11) is 3.30. The molecule has 2 atom stereocenters. The van der Waals surface area contributed by atoms with E-state index in [1.54, 1.807) is 14.2 Å². The Kier molecular flexibility index (Phi) is 5.19. The molecule has 2 unspecified atom stereocenters.